The average Bonchev–Trinajstić information content (AvgIpc) is 3.08. The first-order valence-electron chi connectivity index (χ1n) is 6.45. The van der Waals surface area contributed by atoms with E-state index in [0.717, 1.165) is 25.1 Å². The molecule has 0 bridgehead atoms. The third-order valence-corrected chi connectivity index (χ3v) is 3.63. The monoisotopic (exact) mass is 260 g/mol. The van der Waals surface area contributed by atoms with Gasteiger partial charge in [0, 0.05) is 6.54 Å². The molecule has 0 aliphatic carbocycles. The number of amides is 1. The van der Waals surface area contributed by atoms with Crippen molar-refractivity contribution in [3.63, 3.8) is 0 Å². The van der Waals surface area contributed by atoms with Crippen molar-refractivity contribution in [2.24, 2.45) is 0 Å². The maximum absolute atomic E-state index is 12.6. The lowest BCUT2D eigenvalue weighted by atomic mass is 10.1. The highest BCUT2D eigenvalue weighted by molar-refractivity contribution is 5.96. The van der Waals surface area contributed by atoms with Crippen LogP contribution in [0.1, 0.15) is 46.5 Å². The van der Waals surface area contributed by atoms with E-state index in [2.05, 4.69) is 5.16 Å². The zero-order valence-electron chi connectivity index (χ0n) is 11.0. The molecule has 19 heavy (non-hydrogen) atoms. The molecule has 3 rings (SSSR count). The van der Waals surface area contributed by atoms with Crippen LogP contribution in [0.15, 0.2) is 27.3 Å². The number of nitrogens with zero attached hydrogens (tertiary/aromatic N) is 2. The van der Waals surface area contributed by atoms with Crippen molar-refractivity contribution in [1.82, 2.24) is 10.1 Å². The van der Waals surface area contributed by atoms with Crippen LogP contribution in [0, 0.1) is 13.8 Å². The molecule has 0 saturated carbocycles. The van der Waals surface area contributed by atoms with Crippen LogP contribution in [-0.4, -0.2) is 22.5 Å². The molecule has 1 atom stereocenters. The van der Waals surface area contributed by atoms with Crippen molar-refractivity contribution >= 4 is 5.91 Å². The van der Waals surface area contributed by atoms with E-state index < -0.39 is 0 Å². The minimum atomic E-state index is -0.0184. The van der Waals surface area contributed by atoms with E-state index in [1.807, 2.05) is 17.0 Å². The van der Waals surface area contributed by atoms with Crippen molar-refractivity contribution < 1.29 is 13.7 Å². The van der Waals surface area contributed by atoms with Crippen LogP contribution in [0.4, 0.5) is 0 Å². The predicted molar refractivity (Wildman–Crippen MR) is 67.7 cm³/mol. The van der Waals surface area contributed by atoms with Gasteiger partial charge in [-0.15, -0.1) is 0 Å². The Kier molecular flexibility index (Phi) is 2.89. The van der Waals surface area contributed by atoms with E-state index in [1.165, 1.54) is 0 Å². The van der Waals surface area contributed by atoms with Gasteiger partial charge < -0.3 is 13.8 Å². The lowest BCUT2D eigenvalue weighted by molar-refractivity contribution is 0.0717. The zero-order chi connectivity index (χ0) is 13.4. The Morgan fingerprint density at radius 2 is 2.32 bits per heavy atom. The number of furan rings is 1. The number of likely N-dealkylation sites (tertiary alicyclic amines) is 1. The van der Waals surface area contributed by atoms with Crippen molar-refractivity contribution in [3.05, 3.63) is 41.2 Å². The van der Waals surface area contributed by atoms with E-state index in [-0.39, 0.29) is 11.9 Å². The number of aromatic nitrogens is 1. The second kappa shape index (κ2) is 4.57. The minimum absolute atomic E-state index is 0.0184. The lowest BCUT2D eigenvalue weighted by Gasteiger charge is -2.22. The molecule has 1 aliphatic heterocycles. The Morgan fingerprint density at radius 1 is 1.47 bits per heavy atom. The van der Waals surface area contributed by atoms with Crippen LogP contribution in [0.3, 0.4) is 0 Å². The van der Waals surface area contributed by atoms with Gasteiger partial charge in [0.15, 0.2) is 0 Å². The molecule has 0 radical (unpaired) electrons. The molecule has 0 unspecified atom stereocenters. The number of carbonyl (C=O) groups is 1. The molecular weight excluding hydrogens is 244 g/mol. The Bertz CT molecular complexity index is 566. The smallest absolute Gasteiger partial charge is 0.259 e. The summed E-state index contributed by atoms with van der Waals surface area (Å²) in [6, 6.07) is 3.80. The van der Waals surface area contributed by atoms with Gasteiger partial charge in [-0.3, -0.25) is 4.79 Å². The normalized spacial score (nSPS) is 19.1. The van der Waals surface area contributed by atoms with Gasteiger partial charge in [-0.2, -0.15) is 0 Å². The summed E-state index contributed by atoms with van der Waals surface area (Å²) in [5, 5.41) is 3.85. The van der Waals surface area contributed by atoms with E-state index in [1.54, 1.807) is 20.1 Å². The van der Waals surface area contributed by atoms with Crippen molar-refractivity contribution in [2.45, 2.75) is 32.7 Å². The van der Waals surface area contributed by atoms with Crippen molar-refractivity contribution in [1.29, 1.82) is 0 Å². The van der Waals surface area contributed by atoms with Crippen LogP contribution in [0.2, 0.25) is 0 Å². The highest BCUT2D eigenvalue weighted by atomic mass is 16.5. The zero-order valence-corrected chi connectivity index (χ0v) is 11.0. The number of aryl methyl sites for hydroxylation is 2. The fourth-order valence-corrected chi connectivity index (χ4v) is 2.72. The largest absolute Gasteiger partial charge is 0.467 e. The summed E-state index contributed by atoms with van der Waals surface area (Å²) in [4.78, 5) is 14.5. The number of hydrogen-bond donors (Lipinski definition) is 0. The molecule has 5 heteroatoms. The Balaban J connectivity index is 1.91. The summed E-state index contributed by atoms with van der Waals surface area (Å²) in [6.07, 6.45) is 3.56. The van der Waals surface area contributed by atoms with Crippen LogP contribution >= 0.6 is 0 Å². The molecular formula is C14H16N2O3. The highest BCUT2D eigenvalue weighted by Gasteiger charge is 2.34. The summed E-state index contributed by atoms with van der Waals surface area (Å²) >= 11 is 0. The molecule has 2 aromatic heterocycles. The van der Waals surface area contributed by atoms with E-state index in [4.69, 9.17) is 8.94 Å². The van der Waals surface area contributed by atoms with Crippen molar-refractivity contribution in [3.8, 4) is 0 Å². The predicted octanol–water partition coefficient (Wildman–Crippen LogP) is 2.86. The minimum Gasteiger partial charge on any atom is -0.467 e. The van der Waals surface area contributed by atoms with Gasteiger partial charge in [-0.1, -0.05) is 5.16 Å². The van der Waals surface area contributed by atoms with Gasteiger partial charge in [0.05, 0.1) is 18.0 Å². The first-order chi connectivity index (χ1) is 9.18. The fourth-order valence-electron chi connectivity index (χ4n) is 2.72. The Hall–Kier alpha value is -2.04. The van der Waals surface area contributed by atoms with Gasteiger partial charge in [0.2, 0.25) is 0 Å². The molecule has 1 fully saturated rings. The number of hydrogen-bond acceptors (Lipinski definition) is 4. The summed E-state index contributed by atoms with van der Waals surface area (Å²) in [7, 11) is 0. The first-order valence-corrected chi connectivity index (χ1v) is 6.45. The second-order valence-corrected chi connectivity index (χ2v) is 4.87. The maximum Gasteiger partial charge on any atom is 0.259 e. The van der Waals surface area contributed by atoms with Crippen LogP contribution in [0.5, 0.6) is 0 Å². The standard InChI is InChI=1S/C14H16N2O3/c1-9-13(10(2)19-15-9)14(17)16-7-3-5-11(16)12-6-4-8-18-12/h4,6,8,11H,3,5,7H2,1-2H3/t11-/m1/s1. The van der Waals surface area contributed by atoms with E-state index in [9.17, 15) is 4.79 Å². The summed E-state index contributed by atoms with van der Waals surface area (Å²) in [5.41, 5.74) is 1.23. The highest BCUT2D eigenvalue weighted by Crippen LogP contribution is 2.34. The Morgan fingerprint density at radius 3 is 2.95 bits per heavy atom. The fraction of sp³-hybridized carbons (Fsp3) is 0.429. The van der Waals surface area contributed by atoms with Crippen LogP contribution in [-0.2, 0) is 0 Å². The third kappa shape index (κ3) is 1.95. The summed E-state index contributed by atoms with van der Waals surface area (Å²) in [6.45, 7) is 4.31. The topological polar surface area (TPSA) is 59.5 Å². The molecule has 1 aliphatic rings. The maximum atomic E-state index is 12.6. The van der Waals surface area contributed by atoms with Crippen LogP contribution in [0.25, 0.3) is 0 Å². The molecule has 1 amide bonds. The molecule has 5 nitrogen and oxygen atoms in total. The van der Waals surface area contributed by atoms with Gasteiger partial charge in [-0.25, -0.2) is 0 Å². The second-order valence-electron chi connectivity index (χ2n) is 4.87. The molecule has 3 heterocycles. The number of carbonyl (C=O) groups excluding carboxylic acids is 1. The third-order valence-electron chi connectivity index (χ3n) is 3.63. The molecule has 1 saturated heterocycles. The van der Waals surface area contributed by atoms with Gasteiger partial charge in [-0.05, 0) is 38.8 Å². The molecule has 100 valence electrons. The molecule has 2 aromatic rings. The summed E-state index contributed by atoms with van der Waals surface area (Å²) < 4.78 is 10.5. The van der Waals surface area contributed by atoms with Crippen LogP contribution < -0.4 is 0 Å². The SMILES string of the molecule is Cc1noc(C)c1C(=O)N1CCC[C@@H]1c1ccco1. The van der Waals surface area contributed by atoms with Crippen molar-refractivity contribution in [2.75, 3.05) is 6.54 Å². The Labute approximate surface area is 111 Å². The van der Waals surface area contributed by atoms with E-state index in [0.29, 0.717) is 17.0 Å². The molecule has 0 N–H and O–H groups in total. The van der Waals surface area contributed by atoms with Gasteiger partial charge in [0.1, 0.15) is 17.1 Å². The lowest BCUT2D eigenvalue weighted by Crippen LogP contribution is -2.31. The quantitative estimate of drug-likeness (QED) is 0.833. The number of rotatable bonds is 2. The molecule has 0 spiro atoms. The van der Waals surface area contributed by atoms with Gasteiger partial charge >= 0.3 is 0 Å². The van der Waals surface area contributed by atoms with Gasteiger partial charge in [0.25, 0.3) is 5.91 Å². The van der Waals surface area contributed by atoms with E-state index >= 15 is 0 Å². The molecule has 0 aromatic carbocycles. The first kappa shape index (κ1) is 12.0. The summed E-state index contributed by atoms with van der Waals surface area (Å²) in [5.74, 6) is 1.40. The average molecular weight is 260 g/mol.